The largest absolute Gasteiger partial charge is 0.297 e. The van der Waals surface area contributed by atoms with E-state index >= 15 is 0 Å². The molecule has 3 heteroatoms. The van der Waals surface area contributed by atoms with Crippen molar-refractivity contribution in [3.63, 3.8) is 0 Å². The normalized spacial score (nSPS) is 16.8. The van der Waals surface area contributed by atoms with Gasteiger partial charge in [-0.1, -0.05) is 42.0 Å². The molecule has 0 aliphatic carbocycles. The highest BCUT2D eigenvalue weighted by atomic mass is 19.1. The summed E-state index contributed by atoms with van der Waals surface area (Å²) in [6, 6.07) is 15.7. The van der Waals surface area contributed by atoms with Gasteiger partial charge in [-0.15, -0.1) is 0 Å². The summed E-state index contributed by atoms with van der Waals surface area (Å²) in [5, 5.41) is 0. The van der Waals surface area contributed by atoms with Crippen molar-refractivity contribution in [2.24, 2.45) is 0 Å². The molecule has 2 nitrogen and oxygen atoms in total. The Morgan fingerprint density at radius 1 is 0.818 bits per heavy atom. The Morgan fingerprint density at radius 2 is 1.36 bits per heavy atom. The minimum atomic E-state index is -0.143. The fraction of sp³-hybridized carbons (Fsp3) is 0.368. The molecule has 22 heavy (non-hydrogen) atoms. The lowest BCUT2D eigenvalue weighted by Crippen LogP contribution is -2.45. The van der Waals surface area contributed by atoms with Crippen molar-refractivity contribution in [1.82, 2.24) is 9.80 Å². The molecular formula is C19H23FN2. The van der Waals surface area contributed by atoms with E-state index in [0.717, 1.165) is 44.8 Å². The van der Waals surface area contributed by atoms with Gasteiger partial charge >= 0.3 is 0 Å². The molecule has 0 amide bonds. The van der Waals surface area contributed by atoms with Crippen molar-refractivity contribution in [3.8, 4) is 0 Å². The van der Waals surface area contributed by atoms with Crippen LogP contribution >= 0.6 is 0 Å². The number of rotatable bonds is 4. The average molecular weight is 298 g/mol. The molecule has 0 N–H and O–H groups in total. The fourth-order valence-corrected chi connectivity index (χ4v) is 3.07. The van der Waals surface area contributed by atoms with E-state index in [2.05, 4.69) is 41.0 Å². The first-order valence-electron chi connectivity index (χ1n) is 7.94. The molecule has 1 heterocycles. The van der Waals surface area contributed by atoms with Gasteiger partial charge in [0.15, 0.2) is 0 Å². The zero-order valence-corrected chi connectivity index (χ0v) is 13.1. The molecule has 0 unspecified atom stereocenters. The van der Waals surface area contributed by atoms with Crippen LogP contribution in [0.1, 0.15) is 16.7 Å². The van der Waals surface area contributed by atoms with Gasteiger partial charge in [0, 0.05) is 39.3 Å². The van der Waals surface area contributed by atoms with E-state index in [4.69, 9.17) is 0 Å². The molecule has 1 aliphatic heterocycles. The van der Waals surface area contributed by atoms with Gasteiger partial charge < -0.3 is 0 Å². The van der Waals surface area contributed by atoms with Crippen LogP contribution in [0, 0.1) is 12.7 Å². The van der Waals surface area contributed by atoms with Crippen molar-refractivity contribution in [2.75, 3.05) is 26.2 Å². The maximum atomic E-state index is 13.2. The van der Waals surface area contributed by atoms with Crippen LogP contribution in [0.5, 0.6) is 0 Å². The fourth-order valence-electron chi connectivity index (χ4n) is 3.07. The highest BCUT2D eigenvalue weighted by Crippen LogP contribution is 2.13. The van der Waals surface area contributed by atoms with Crippen LogP contribution < -0.4 is 0 Å². The second-order valence-electron chi connectivity index (χ2n) is 6.17. The average Bonchev–Trinajstić information content (AvgIpc) is 2.49. The van der Waals surface area contributed by atoms with E-state index in [1.165, 1.54) is 17.2 Å². The first kappa shape index (κ1) is 15.2. The van der Waals surface area contributed by atoms with E-state index in [1.807, 2.05) is 6.07 Å². The van der Waals surface area contributed by atoms with Crippen LogP contribution in [-0.2, 0) is 13.1 Å². The molecule has 1 aliphatic rings. The molecule has 2 aromatic rings. The molecule has 0 saturated carbocycles. The molecule has 116 valence electrons. The summed E-state index contributed by atoms with van der Waals surface area (Å²) >= 11 is 0. The monoisotopic (exact) mass is 298 g/mol. The minimum absolute atomic E-state index is 0.143. The Bertz CT molecular complexity index is 563. The summed E-state index contributed by atoms with van der Waals surface area (Å²) in [7, 11) is 0. The summed E-state index contributed by atoms with van der Waals surface area (Å²) < 4.78 is 13.2. The zero-order chi connectivity index (χ0) is 15.4. The first-order valence-corrected chi connectivity index (χ1v) is 7.94. The summed E-state index contributed by atoms with van der Waals surface area (Å²) in [6.45, 7) is 8.24. The van der Waals surface area contributed by atoms with Crippen molar-refractivity contribution >= 4 is 0 Å². The Hall–Kier alpha value is -1.71. The molecule has 0 bridgehead atoms. The lowest BCUT2D eigenvalue weighted by Gasteiger charge is -2.34. The van der Waals surface area contributed by atoms with Crippen LogP contribution in [0.25, 0.3) is 0 Å². The highest BCUT2D eigenvalue weighted by Gasteiger charge is 2.17. The van der Waals surface area contributed by atoms with Crippen LogP contribution in [-0.4, -0.2) is 36.0 Å². The summed E-state index contributed by atoms with van der Waals surface area (Å²) in [6.07, 6.45) is 0. The number of nitrogens with zero attached hydrogens (tertiary/aromatic N) is 2. The quantitative estimate of drug-likeness (QED) is 0.853. The van der Waals surface area contributed by atoms with Crippen molar-refractivity contribution in [1.29, 1.82) is 0 Å². The molecule has 0 aromatic heterocycles. The molecule has 2 aromatic carbocycles. The van der Waals surface area contributed by atoms with Gasteiger partial charge in [0.2, 0.25) is 0 Å². The number of benzene rings is 2. The molecule has 0 radical (unpaired) electrons. The lowest BCUT2D eigenvalue weighted by atomic mass is 10.1. The molecule has 0 spiro atoms. The molecule has 1 fully saturated rings. The predicted octanol–water partition coefficient (Wildman–Crippen LogP) is 3.45. The highest BCUT2D eigenvalue weighted by molar-refractivity contribution is 5.22. The number of aryl methyl sites for hydroxylation is 1. The van der Waals surface area contributed by atoms with Gasteiger partial charge in [0.1, 0.15) is 5.82 Å². The minimum Gasteiger partial charge on any atom is -0.297 e. The van der Waals surface area contributed by atoms with Crippen LogP contribution in [0.2, 0.25) is 0 Å². The Labute approximate surface area is 132 Å². The standard InChI is InChI=1S/C19H23FN2/c1-16-4-2-5-17(12-16)14-21-8-10-22(11-9-21)15-18-6-3-7-19(20)13-18/h2-7,12-13H,8-11,14-15H2,1H3. The molecule has 0 atom stereocenters. The van der Waals surface area contributed by atoms with E-state index in [1.54, 1.807) is 12.1 Å². The van der Waals surface area contributed by atoms with Gasteiger partial charge in [0.05, 0.1) is 0 Å². The van der Waals surface area contributed by atoms with Crippen molar-refractivity contribution in [3.05, 3.63) is 71.0 Å². The summed E-state index contributed by atoms with van der Waals surface area (Å²) in [5.74, 6) is -0.143. The third-order valence-corrected chi connectivity index (χ3v) is 4.25. The number of piperazine rings is 1. The van der Waals surface area contributed by atoms with Gasteiger partial charge in [0.25, 0.3) is 0 Å². The van der Waals surface area contributed by atoms with E-state index in [0.29, 0.717) is 0 Å². The lowest BCUT2D eigenvalue weighted by molar-refractivity contribution is 0.122. The maximum Gasteiger partial charge on any atom is 0.123 e. The maximum absolute atomic E-state index is 13.2. The Balaban J connectivity index is 1.50. The van der Waals surface area contributed by atoms with Gasteiger partial charge in [-0.05, 0) is 30.2 Å². The molecular weight excluding hydrogens is 275 g/mol. The van der Waals surface area contributed by atoms with E-state index < -0.39 is 0 Å². The second kappa shape index (κ2) is 7.03. The Morgan fingerprint density at radius 3 is 1.91 bits per heavy atom. The Kier molecular flexibility index (Phi) is 4.86. The van der Waals surface area contributed by atoms with Gasteiger partial charge in [-0.25, -0.2) is 4.39 Å². The van der Waals surface area contributed by atoms with E-state index in [9.17, 15) is 4.39 Å². The third-order valence-electron chi connectivity index (χ3n) is 4.25. The topological polar surface area (TPSA) is 6.48 Å². The van der Waals surface area contributed by atoms with Gasteiger partial charge in [-0.3, -0.25) is 9.80 Å². The van der Waals surface area contributed by atoms with Crippen molar-refractivity contribution in [2.45, 2.75) is 20.0 Å². The van der Waals surface area contributed by atoms with Crippen molar-refractivity contribution < 1.29 is 4.39 Å². The van der Waals surface area contributed by atoms with Crippen LogP contribution in [0.4, 0.5) is 4.39 Å². The summed E-state index contributed by atoms with van der Waals surface area (Å²) in [5.41, 5.74) is 3.77. The predicted molar refractivity (Wildman–Crippen MR) is 88.1 cm³/mol. The number of hydrogen-bond acceptors (Lipinski definition) is 2. The number of halogens is 1. The van der Waals surface area contributed by atoms with Crippen LogP contribution in [0.3, 0.4) is 0 Å². The van der Waals surface area contributed by atoms with Crippen LogP contribution in [0.15, 0.2) is 48.5 Å². The number of hydrogen-bond donors (Lipinski definition) is 0. The molecule has 1 saturated heterocycles. The smallest absolute Gasteiger partial charge is 0.123 e. The van der Waals surface area contributed by atoms with E-state index in [-0.39, 0.29) is 5.82 Å². The third kappa shape index (κ3) is 4.15. The first-order chi connectivity index (χ1) is 10.7. The molecule has 3 rings (SSSR count). The van der Waals surface area contributed by atoms with Gasteiger partial charge in [-0.2, -0.15) is 0 Å². The SMILES string of the molecule is Cc1cccc(CN2CCN(Cc3cccc(F)c3)CC2)c1. The summed E-state index contributed by atoms with van der Waals surface area (Å²) in [4.78, 5) is 4.90. The second-order valence-corrected chi connectivity index (χ2v) is 6.17. The zero-order valence-electron chi connectivity index (χ0n) is 13.1.